The van der Waals surface area contributed by atoms with Crippen molar-refractivity contribution in [2.45, 2.75) is 6.92 Å². The summed E-state index contributed by atoms with van der Waals surface area (Å²) in [7, 11) is 0. The van der Waals surface area contributed by atoms with Crippen LogP contribution in [0, 0.1) is 0 Å². The topological polar surface area (TPSA) is 18.5 Å². The predicted octanol–water partition coefficient (Wildman–Crippen LogP) is 5.23. The van der Waals surface area contributed by atoms with Crippen molar-refractivity contribution >= 4 is 28.9 Å². The molecule has 0 radical (unpaired) electrons. The second-order valence-electron chi connectivity index (χ2n) is 3.83. The fourth-order valence-electron chi connectivity index (χ4n) is 1.65. The molecule has 19 heavy (non-hydrogen) atoms. The summed E-state index contributed by atoms with van der Waals surface area (Å²) >= 11 is 11.1. The van der Waals surface area contributed by atoms with Crippen LogP contribution < -0.4 is 4.52 Å². The van der Waals surface area contributed by atoms with Gasteiger partial charge in [-0.25, -0.2) is 0 Å². The third kappa shape index (κ3) is 4.32. The lowest BCUT2D eigenvalue weighted by atomic mass is 10.1. The van der Waals surface area contributed by atoms with Gasteiger partial charge in [-0.05, 0) is 53.2 Å². The molecule has 0 aliphatic rings. The molecular weight excluding hydrogens is 299 g/mol. The Labute approximate surface area is 123 Å². The molecule has 0 aliphatic carbocycles. The van der Waals surface area contributed by atoms with Crippen molar-refractivity contribution in [2.24, 2.45) is 0 Å². The van der Waals surface area contributed by atoms with Gasteiger partial charge in [0.25, 0.3) is 0 Å². The third-order valence-corrected chi connectivity index (χ3v) is 4.49. The Balaban J connectivity index is 2.13. The van der Waals surface area contributed by atoms with Crippen LogP contribution in [0.15, 0.2) is 54.6 Å². The van der Waals surface area contributed by atoms with Crippen molar-refractivity contribution in [3.63, 3.8) is 0 Å². The highest BCUT2D eigenvalue weighted by molar-refractivity contribution is 8.22. The van der Waals surface area contributed by atoms with E-state index in [9.17, 15) is 0 Å². The summed E-state index contributed by atoms with van der Waals surface area (Å²) in [4.78, 5) is 0. The Hall–Kier alpha value is -0.860. The van der Waals surface area contributed by atoms with Crippen molar-refractivity contribution in [1.29, 1.82) is 0 Å². The van der Waals surface area contributed by atoms with Gasteiger partial charge in [0, 0.05) is 0 Å². The molecule has 2 rings (SSSR count). The molecule has 2 aromatic rings. The van der Waals surface area contributed by atoms with Crippen LogP contribution in [0.1, 0.15) is 6.92 Å². The maximum atomic E-state index is 6.01. The molecule has 1 unspecified atom stereocenters. The van der Waals surface area contributed by atoms with Gasteiger partial charge in [-0.15, -0.1) is 0 Å². The van der Waals surface area contributed by atoms with Gasteiger partial charge in [-0.2, -0.15) is 0 Å². The van der Waals surface area contributed by atoms with E-state index >= 15 is 0 Å². The SMILES string of the molecule is CCOP(=S)(Cl)Oc1ccc(-c2ccccc2)cc1. The predicted molar refractivity (Wildman–Crippen MR) is 84.3 cm³/mol. The molecule has 0 saturated carbocycles. The van der Waals surface area contributed by atoms with Gasteiger partial charge in [-0.3, -0.25) is 0 Å². The van der Waals surface area contributed by atoms with Gasteiger partial charge in [-0.1, -0.05) is 42.5 Å². The fourth-order valence-corrected chi connectivity index (χ4v) is 3.49. The average molecular weight is 313 g/mol. The zero-order chi connectivity index (χ0) is 13.7. The van der Waals surface area contributed by atoms with Crippen LogP contribution in [-0.4, -0.2) is 6.61 Å². The van der Waals surface area contributed by atoms with E-state index < -0.39 is 5.84 Å². The van der Waals surface area contributed by atoms with E-state index in [0.717, 1.165) is 11.1 Å². The maximum absolute atomic E-state index is 6.01. The minimum Gasteiger partial charge on any atom is -0.433 e. The highest BCUT2D eigenvalue weighted by Gasteiger charge is 2.15. The highest BCUT2D eigenvalue weighted by Crippen LogP contribution is 2.53. The van der Waals surface area contributed by atoms with Crippen LogP contribution >= 0.6 is 17.1 Å². The summed E-state index contributed by atoms with van der Waals surface area (Å²) in [6.45, 7) is 2.29. The van der Waals surface area contributed by atoms with Crippen molar-refractivity contribution in [1.82, 2.24) is 0 Å². The molecule has 0 amide bonds. The van der Waals surface area contributed by atoms with Crippen LogP contribution in [0.25, 0.3) is 11.1 Å². The third-order valence-electron chi connectivity index (χ3n) is 2.46. The van der Waals surface area contributed by atoms with Crippen molar-refractivity contribution in [2.75, 3.05) is 6.61 Å². The second-order valence-corrected chi connectivity index (χ2v) is 8.51. The van der Waals surface area contributed by atoms with Crippen LogP contribution in [0.2, 0.25) is 0 Å². The van der Waals surface area contributed by atoms with Gasteiger partial charge in [0.15, 0.2) is 0 Å². The zero-order valence-corrected chi connectivity index (χ0v) is 12.9. The molecule has 1 atom stereocenters. The number of hydrogen-bond donors (Lipinski definition) is 0. The second kappa shape index (κ2) is 6.53. The Bertz CT molecular complexity index is 572. The summed E-state index contributed by atoms with van der Waals surface area (Å²) in [5.41, 5.74) is 2.27. The highest BCUT2D eigenvalue weighted by atomic mass is 35.7. The van der Waals surface area contributed by atoms with E-state index in [1.807, 2.05) is 49.4 Å². The Morgan fingerprint density at radius 1 is 1.00 bits per heavy atom. The Kier molecular flexibility index (Phi) is 5.00. The quantitative estimate of drug-likeness (QED) is 0.704. The molecule has 0 N–H and O–H groups in total. The minimum atomic E-state index is -2.70. The normalized spacial score (nSPS) is 13.8. The van der Waals surface area contributed by atoms with E-state index in [-0.39, 0.29) is 0 Å². The molecule has 5 heteroatoms. The summed E-state index contributed by atoms with van der Waals surface area (Å²) in [6, 6.07) is 17.8. The smallest absolute Gasteiger partial charge is 0.332 e. The van der Waals surface area contributed by atoms with E-state index in [2.05, 4.69) is 12.1 Å². The molecule has 0 aromatic heterocycles. The van der Waals surface area contributed by atoms with Gasteiger partial charge in [0.05, 0.1) is 6.61 Å². The molecule has 0 saturated heterocycles. The first kappa shape index (κ1) is 14.5. The largest absolute Gasteiger partial charge is 0.433 e. The summed E-state index contributed by atoms with van der Waals surface area (Å²) < 4.78 is 10.7. The van der Waals surface area contributed by atoms with Gasteiger partial charge < -0.3 is 9.05 Å². The molecule has 0 spiro atoms. The summed E-state index contributed by atoms with van der Waals surface area (Å²) in [5, 5.41) is 0. The lowest BCUT2D eigenvalue weighted by molar-refractivity contribution is 0.343. The van der Waals surface area contributed by atoms with E-state index in [4.69, 9.17) is 32.1 Å². The molecule has 100 valence electrons. The van der Waals surface area contributed by atoms with Crippen molar-refractivity contribution in [3.05, 3.63) is 54.6 Å². The Morgan fingerprint density at radius 3 is 2.16 bits per heavy atom. The number of halogens is 1. The molecule has 2 aromatic carbocycles. The van der Waals surface area contributed by atoms with Gasteiger partial charge in [0.1, 0.15) is 5.75 Å². The summed E-state index contributed by atoms with van der Waals surface area (Å²) in [5.74, 6) is -2.06. The van der Waals surface area contributed by atoms with Crippen LogP contribution in [0.3, 0.4) is 0 Å². The first-order valence-corrected chi connectivity index (χ1v) is 9.44. The standard InChI is InChI=1S/C14H14ClO2PS/c1-2-16-18(15,19)17-14-10-8-13(9-11-14)12-6-4-3-5-7-12/h3-11H,2H2,1H3. The molecule has 2 nitrogen and oxygen atoms in total. The average Bonchev–Trinajstić information content (AvgIpc) is 2.40. The number of hydrogen-bond acceptors (Lipinski definition) is 3. The fraction of sp³-hybridized carbons (Fsp3) is 0.143. The van der Waals surface area contributed by atoms with Crippen molar-refractivity contribution < 1.29 is 9.05 Å². The van der Waals surface area contributed by atoms with Crippen molar-refractivity contribution in [3.8, 4) is 16.9 Å². The van der Waals surface area contributed by atoms with Crippen LogP contribution in [-0.2, 0) is 16.3 Å². The summed E-state index contributed by atoms with van der Waals surface area (Å²) in [6.07, 6.45) is 0. The maximum Gasteiger partial charge on any atom is 0.332 e. The molecule has 0 heterocycles. The van der Waals surface area contributed by atoms with Crippen LogP contribution in [0.5, 0.6) is 5.75 Å². The zero-order valence-electron chi connectivity index (χ0n) is 10.5. The van der Waals surface area contributed by atoms with E-state index in [1.165, 1.54) is 0 Å². The molecule has 0 fully saturated rings. The van der Waals surface area contributed by atoms with Gasteiger partial charge in [0.2, 0.25) is 0 Å². The minimum absolute atomic E-state index is 0.447. The van der Waals surface area contributed by atoms with Gasteiger partial charge >= 0.3 is 5.84 Å². The Morgan fingerprint density at radius 2 is 1.58 bits per heavy atom. The molecular formula is C14H14ClO2PS. The van der Waals surface area contributed by atoms with E-state index in [0.29, 0.717) is 12.4 Å². The first-order chi connectivity index (χ1) is 9.11. The monoisotopic (exact) mass is 312 g/mol. The lowest BCUT2D eigenvalue weighted by Crippen LogP contribution is -1.91. The first-order valence-electron chi connectivity index (χ1n) is 5.90. The van der Waals surface area contributed by atoms with E-state index in [1.54, 1.807) is 0 Å². The molecule has 0 bridgehead atoms. The lowest BCUT2D eigenvalue weighted by Gasteiger charge is -2.15. The number of benzene rings is 2. The van der Waals surface area contributed by atoms with Crippen LogP contribution in [0.4, 0.5) is 0 Å². The number of rotatable bonds is 5. The molecule has 0 aliphatic heterocycles.